The summed E-state index contributed by atoms with van der Waals surface area (Å²) in [5.41, 5.74) is 3.22. The quantitative estimate of drug-likeness (QED) is 0.439. The van der Waals surface area contributed by atoms with Crippen LogP contribution in [0.2, 0.25) is 5.02 Å². The van der Waals surface area contributed by atoms with Crippen molar-refractivity contribution < 1.29 is 18.7 Å². The van der Waals surface area contributed by atoms with Crippen LogP contribution >= 0.6 is 23.4 Å². The third-order valence-electron chi connectivity index (χ3n) is 6.01. The summed E-state index contributed by atoms with van der Waals surface area (Å²) in [6.45, 7) is 0. The van der Waals surface area contributed by atoms with E-state index in [2.05, 4.69) is 10.3 Å². The van der Waals surface area contributed by atoms with Gasteiger partial charge in [0.25, 0.3) is 5.91 Å². The van der Waals surface area contributed by atoms with E-state index in [1.165, 1.54) is 36.0 Å². The Kier molecular flexibility index (Phi) is 7.25. The summed E-state index contributed by atoms with van der Waals surface area (Å²) >= 11 is 7.32. The highest BCUT2D eigenvalue weighted by Crippen LogP contribution is 2.39. The van der Waals surface area contributed by atoms with Crippen LogP contribution in [-0.4, -0.2) is 40.1 Å². The van der Waals surface area contributed by atoms with E-state index in [1.54, 1.807) is 12.1 Å². The van der Waals surface area contributed by atoms with Crippen LogP contribution in [0.15, 0.2) is 82.9 Å². The lowest BCUT2D eigenvalue weighted by molar-refractivity contribution is -0.121. The van der Waals surface area contributed by atoms with Crippen molar-refractivity contribution in [2.45, 2.75) is 24.1 Å². The van der Waals surface area contributed by atoms with Gasteiger partial charge in [-0.1, -0.05) is 35.5 Å². The summed E-state index contributed by atoms with van der Waals surface area (Å²) in [4.78, 5) is 29.5. The zero-order valence-corrected chi connectivity index (χ0v) is 21.3. The Morgan fingerprint density at radius 1 is 1.11 bits per heavy atom. The minimum atomic E-state index is -0.679. The zero-order chi connectivity index (χ0) is 25.9. The molecule has 2 aliphatic heterocycles. The normalized spacial score (nSPS) is 19.0. The molecule has 2 aliphatic rings. The second kappa shape index (κ2) is 10.7. The van der Waals surface area contributed by atoms with Crippen LogP contribution in [0.1, 0.15) is 30.0 Å². The summed E-state index contributed by atoms with van der Waals surface area (Å²) in [6.07, 6.45) is 0.528. The maximum absolute atomic E-state index is 13.1. The van der Waals surface area contributed by atoms with E-state index in [9.17, 15) is 14.0 Å². The molecule has 0 aromatic heterocycles. The Hall–Kier alpha value is -3.69. The second-order valence-corrected chi connectivity index (χ2v) is 10.1. The van der Waals surface area contributed by atoms with Crippen LogP contribution in [0.3, 0.4) is 0 Å². The number of anilines is 1. The lowest BCUT2D eigenvalue weighted by Crippen LogP contribution is -2.25. The molecular formula is C27H22ClFN4O3S. The van der Waals surface area contributed by atoms with Crippen molar-refractivity contribution in [3.8, 4) is 5.75 Å². The highest BCUT2D eigenvalue weighted by Gasteiger charge is 2.39. The number of hydrogen-bond acceptors (Lipinski definition) is 6. The van der Waals surface area contributed by atoms with Crippen LogP contribution in [0.5, 0.6) is 5.75 Å². The topological polar surface area (TPSA) is 83.4 Å². The highest BCUT2D eigenvalue weighted by atomic mass is 35.5. The number of ether oxygens (including phenoxy) is 1. The van der Waals surface area contributed by atoms with Gasteiger partial charge in [0, 0.05) is 23.6 Å². The molecule has 0 radical (unpaired) electrons. The third kappa shape index (κ3) is 5.68. The number of benzene rings is 3. The molecule has 5 rings (SSSR count). The first kappa shape index (κ1) is 25.0. The maximum Gasteiger partial charge on any atom is 0.262 e. The van der Waals surface area contributed by atoms with Gasteiger partial charge in [-0.3, -0.25) is 9.59 Å². The Morgan fingerprint density at radius 3 is 2.49 bits per heavy atom. The Balaban J connectivity index is 1.35. The number of methoxy groups -OCH3 is 1. The number of halogens is 2. The Morgan fingerprint density at radius 2 is 1.81 bits per heavy atom. The fourth-order valence-electron chi connectivity index (χ4n) is 4.11. The molecule has 7 nitrogen and oxygen atoms in total. The van der Waals surface area contributed by atoms with Crippen molar-refractivity contribution >= 4 is 51.7 Å². The predicted octanol–water partition coefficient (Wildman–Crippen LogP) is 5.67. The van der Waals surface area contributed by atoms with E-state index in [-0.39, 0.29) is 18.4 Å². The number of carbonyl (C=O) groups is 2. The minimum absolute atomic E-state index is 0.0671. The van der Waals surface area contributed by atoms with Crippen molar-refractivity contribution in [3.05, 3.63) is 94.8 Å². The lowest BCUT2D eigenvalue weighted by atomic mass is 9.98. The van der Waals surface area contributed by atoms with Gasteiger partial charge in [0.05, 0.1) is 18.9 Å². The number of thioether (sulfide) groups is 1. The molecule has 3 aromatic rings. The molecule has 0 spiro atoms. The first-order chi connectivity index (χ1) is 17.9. The number of amidine groups is 1. The molecule has 0 fully saturated rings. The molecule has 37 heavy (non-hydrogen) atoms. The number of amides is 2. The van der Waals surface area contributed by atoms with E-state index in [0.717, 1.165) is 22.6 Å². The molecule has 2 atom stereocenters. The van der Waals surface area contributed by atoms with Gasteiger partial charge in [-0.25, -0.2) is 9.40 Å². The van der Waals surface area contributed by atoms with Crippen LogP contribution in [0.4, 0.5) is 10.1 Å². The second-order valence-electron chi connectivity index (χ2n) is 8.49. The summed E-state index contributed by atoms with van der Waals surface area (Å²) < 4.78 is 18.4. The van der Waals surface area contributed by atoms with E-state index in [4.69, 9.17) is 21.4 Å². The monoisotopic (exact) mass is 536 g/mol. The molecule has 10 heteroatoms. The Bertz CT molecular complexity index is 1380. The largest absolute Gasteiger partial charge is 0.497 e. The van der Waals surface area contributed by atoms with Gasteiger partial charge in [0.1, 0.15) is 16.8 Å². The highest BCUT2D eigenvalue weighted by molar-refractivity contribution is 8.15. The van der Waals surface area contributed by atoms with Gasteiger partial charge in [0.15, 0.2) is 5.17 Å². The molecule has 0 saturated heterocycles. The van der Waals surface area contributed by atoms with Crippen molar-refractivity contribution in [3.63, 3.8) is 0 Å². The molecule has 188 valence electrons. The van der Waals surface area contributed by atoms with Crippen LogP contribution in [0, 0.1) is 5.82 Å². The molecule has 0 unspecified atom stereocenters. The number of hydrogen-bond donors (Lipinski definition) is 1. The van der Waals surface area contributed by atoms with E-state index in [1.807, 2.05) is 48.5 Å². The molecular weight excluding hydrogens is 515 g/mol. The maximum atomic E-state index is 13.1. The average molecular weight is 537 g/mol. The predicted molar refractivity (Wildman–Crippen MR) is 144 cm³/mol. The van der Waals surface area contributed by atoms with Gasteiger partial charge in [-0.2, -0.15) is 10.1 Å². The van der Waals surface area contributed by atoms with Gasteiger partial charge in [-0.15, -0.1) is 0 Å². The van der Waals surface area contributed by atoms with E-state index < -0.39 is 17.0 Å². The van der Waals surface area contributed by atoms with Crippen LogP contribution < -0.4 is 10.1 Å². The van der Waals surface area contributed by atoms with Crippen molar-refractivity contribution in [2.24, 2.45) is 10.1 Å². The number of rotatable bonds is 6. The van der Waals surface area contributed by atoms with Crippen LogP contribution in [0.25, 0.3) is 0 Å². The summed E-state index contributed by atoms with van der Waals surface area (Å²) in [5, 5.41) is 9.67. The van der Waals surface area contributed by atoms with E-state index >= 15 is 0 Å². The number of carbonyl (C=O) groups excluding carboxylic acids is 2. The number of hydrazone groups is 1. The number of nitrogens with zero attached hydrogens (tertiary/aromatic N) is 3. The third-order valence-corrected chi connectivity index (χ3v) is 7.41. The number of nitrogens with one attached hydrogen (secondary N) is 1. The molecule has 1 N–H and O–H groups in total. The average Bonchev–Trinajstić information content (AvgIpc) is 3.50. The first-order valence-electron chi connectivity index (χ1n) is 11.5. The summed E-state index contributed by atoms with van der Waals surface area (Å²) in [5.74, 6) is -0.395. The fourth-order valence-corrected chi connectivity index (χ4v) is 5.29. The number of aliphatic imine (C=N–C) groups is 1. The standard InChI is InChI=1S/C27H22ClFN4O3S/c1-36-21-12-4-16(5-13-21)22-14-23(17-2-6-18(28)7-3-17)33(32-22)27-31-26(35)24(37-27)15-25(34)30-20-10-8-19(29)9-11-20/h2-13,23-24H,14-15H2,1H3,(H,30,34)/t23-,24-/m1/s1. The fraction of sp³-hybridized carbons (Fsp3) is 0.185. The van der Waals surface area contributed by atoms with Crippen LogP contribution in [-0.2, 0) is 9.59 Å². The van der Waals surface area contributed by atoms with Crippen molar-refractivity contribution in [2.75, 3.05) is 12.4 Å². The molecule has 0 bridgehead atoms. The first-order valence-corrected chi connectivity index (χ1v) is 12.8. The lowest BCUT2D eigenvalue weighted by Gasteiger charge is -2.23. The zero-order valence-electron chi connectivity index (χ0n) is 19.7. The van der Waals surface area contributed by atoms with Gasteiger partial charge >= 0.3 is 0 Å². The molecule has 2 amide bonds. The molecule has 2 heterocycles. The molecule has 0 saturated carbocycles. The molecule has 0 aliphatic carbocycles. The van der Waals surface area contributed by atoms with Crippen molar-refractivity contribution in [1.29, 1.82) is 0 Å². The van der Waals surface area contributed by atoms with Gasteiger partial charge in [0.2, 0.25) is 5.91 Å². The SMILES string of the molecule is COc1ccc(C2=NN(C3=NC(=O)[C@@H](CC(=O)Nc4ccc(F)cc4)S3)[C@@H](c3ccc(Cl)cc3)C2)cc1. The van der Waals surface area contributed by atoms with E-state index in [0.29, 0.717) is 22.3 Å². The van der Waals surface area contributed by atoms with Gasteiger partial charge < -0.3 is 10.1 Å². The smallest absolute Gasteiger partial charge is 0.262 e. The van der Waals surface area contributed by atoms with Crippen molar-refractivity contribution in [1.82, 2.24) is 5.01 Å². The summed E-state index contributed by atoms with van der Waals surface area (Å²) in [6, 6.07) is 20.4. The van der Waals surface area contributed by atoms with Gasteiger partial charge in [-0.05, 0) is 71.8 Å². The Labute approximate surface area is 222 Å². The minimum Gasteiger partial charge on any atom is -0.497 e. The summed E-state index contributed by atoms with van der Waals surface area (Å²) in [7, 11) is 1.61. The molecule has 3 aromatic carbocycles.